The van der Waals surface area contributed by atoms with Crippen LogP contribution in [-0.2, 0) is 6.54 Å². The Hall–Kier alpha value is -2.63. The number of carbonyl (C=O) groups is 2. The van der Waals surface area contributed by atoms with E-state index in [4.69, 9.17) is 0 Å². The van der Waals surface area contributed by atoms with Gasteiger partial charge in [0.05, 0.1) is 17.7 Å². The summed E-state index contributed by atoms with van der Waals surface area (Å²) in [6.07, 6.45) is 3.42. The molecule has 0 unspecified atom stereocenters. The lowest BCUT2D eigenvalue weighted by atomic mass is 10.1. The summed E-state index contributed by atoms with van der Waals surface area (Å²) < 4.78 is 0. The van der Waals surface area contributed by atoms with E-state index in [1.54, 1.807) is 30.6 Å². The Balaban J connectivity index is 1.83. The molecule has 2 amide bonds. The molecule has 6 heteroatoms. The van der Waals surface area contributed by atoms with Crippen LogP contribution >= 0.6 is 0 Å². The normalized spacial score (nSPS) is 13.8. The molecule has 0 atom stereocenters. The fourth-order valence-electron chi connectivity index (χ4n) is 2.05. The van der Waals surface area contributed by atoms with E-state index in [2.05, 4.69) is 15.3 Å². The number of nitrogens with one attached hydrogen (secondary N) is 2. The van der Waals surface area contributed by atoms with Crippen molar-refractivity contribution >= 4 is 17.5 Å². The van der Waals surface area contributed by atoms with Crippen LogP contribution in [0.4, 0.5) is 5.69 Å². The van der Waals surface area contributed by atoms with E-state index in [1.807, 2.05) is 0 Å². The second-order valence-corrected chi connectivity index (χ2v) is 4.32. The fraction of sp³-hybridized carbons (Fsp3) is 0.154. The topological polar surface area (TPSA) is 78.1 Å². The molecule has 1 aromatic heterocycles. The first-order chi connectivity index (χ1) is 9.16. The molecule has 2 N–H and O–H groups in total. The largest absolute Gasteiger partial charge is 0.378 e. The molecular weight excluding hydrogens is 244 g/mol. The average molecular weight is 256 g/mol. The summed E-state index contributed by atoms with van der Waals surface area (Å²) in [6, 6.07) is 5.15. The van der Waals surface area contributed by atoms with E-state index in [9.17, 15) is 9.59 Å². The summed E-state index contributed by atoms with van der Waals surface area (Å²) in [5, 5.41) is 3.15. The third kappa shape index (κ3) is 1.87. The Morgan fingerprint density at radius 3 is 2.79 bits per heavy atom. The Bertz CT molecular complexity index is 649. The van der Waals surface area contributed by atoms with Gasteiger partial charge in [0.15, 0.2) is 0 Å². The molecule has 0 radical (unpaired) electrons. The molecule has 0 aliphatic carbocycles. The first-order valence-corrected chi connectivity index (χ1v) is 5.85. The quantitative estimate of drug-likeness (QED) is 0.810. The molecule has 0 bridgehead atoms. The number of fused-ring (bicyclic) bond motifs is 1. The van der Waals surface area contributed by atoms with Gasteiger partial charge in [-0.05, 0) is 18.2 Å². The van der Waals surface area contributed by atoms with Crippen molar-refractivity contribution in [3.05, 3.63) is 47.5 Å². The number of imide groups is 1. The Labute approximate surface area is 109 Å². The summed E-state index contributed by atoms with van der Waals surface area (Å²) in [6.45, 7) is 0.532. The molecule has 0 saturated heterocycles. The molecule has 3 rings (SSSR count). The number of hydrogen-bond donors (Lipinski definition) is 2. The molecule has 1 aliphatic rings. The van der Waals surface area contributed by atoms with Crippen molar-refractivity contribution in [1.82, 2.24) is 14.9 Å². The van der Waals surface area contributed by atoms with Crippen LogP contribution in [0.3, 0.4) is 0 Å². The van der Waals surface area contributed by atoms with E-state index >= 15 is 0 Å². The molecular formula is C13H12N4O2. The fourth-order valence-corrected chi connectivity index (χ4v) is 2.05. The lowest BCUT2D eigenvalue weighted by Gasteiger charge is -2.05. The van der Waals surface area contributed by atoms with E-state index < -0.39 is 0 Å². The Morgan fingerprint density at radius 1 is 1.26 bits per heavy atom. The zero-order valence-electron chi connectivity index (χ0n) is 10.3. The van der Waals surface area contributed by atoms with Gasteiger partial charge >= 0.3 is 0 Å². The standard InChI is InChI=1S/C13H12N4O2/c1-17-12(18)9-3-2-8(6-10(9)13(17)19)16-7-11-14-4-5-15-11/h2-6,16H,7H2,1H3,(H,14,15). The lowest BCUT2D eigenvalue weighted by molar-refractivity contribution is 0.0693. The second kappa shape index (κ2) is 4.24. The number of benzene rings is 1. The number of nitrogens with zero attached hydrogens (tertiary/aromatic N) is 2. The summed E-state index contributed by atoms with van der Waals surface area (Å²) in [7, 11) is 1.49. The highest BCUT2D eigenvalue weighted by Crippen LogP contribution is 2.24. The second-order valence-electron chi connectivity index (χ2n) is 4.32. The van der Waals surface area contributed by atoms with Gasteiger partial charge in [-0.2, -0.15) is 0 Å². The van der Waals surface area contributed by atoms with Gasteiger partial charge in [-0.3, -0.25) is 14.5 Å². The minimum atomic E-state index is -0.262. The first kappa shape index (κ1) is 11.5. The highest BCUT2D eigenvalue weighted by atomic mass is 16.2. The van der Waals surface area contributed by atoms with Crippen LogP contribution in [0.1, 0.15) is 26.5 Å². The number of aromatic amines is 1. The number of rotatable bonds is 3. The molecule has 96 valence electrons. The molecule has 0 spiro atoms. The summed E-state index contributed by atoms with van der Waals surface area (Å²) in [4.78, 5) is 31.8. The number of amides is 2. The molecule has 1 aromatic carbocycles. The monoisotopic (exact) mass is 256 g/mol. The lowest BCUT2D eigenvalue weighted by Crippen LogP contribution is -2.24. The van der Waals surface area contributed by atoms with Crippen molar-refractivity contribution < 1.29 is 9.59 Å². The third-order valence-electron chi connectivity index (χ3n) is 3.10. The maximum atomic E-state index is 11.9. The van der Waals surface area contributed by atoms with Crippen LogP contribution in [0, 0.1) is 0 Å². The summed E-state index contributed by atoms with van der Waals surface area (Å²) in [5.74, 6) is 0.291. The van der Waals surface area contributed by atoms with Crippen molar-refractivity contribution in [2.24, 2.45) is 0 Å². The summed E-state index contributed by atoms with van der Waals surface area (Å²) >= 11 is 0. The van der Waals surface area contributed by atoms with Gasteiger partial charge < -0.3 is 10.3 Å². The van der Waals surface area contributed by atoms with Crippen LogP contribution in [0.2, 0.25) is 0 Å². The summed E-state index contributed by atoms with van der Waals surface area (Å²) in [5.41, 5.74) is 1.68. The smallest absolute Gasteiger partial charge is 0.261 e. The highest BCUT2D eigenvalue weighted by molar-refractivity contribution is 6.21. The van der Waals surface area contributed by atoms with Gasteiger partial charge in [0.25, 0.3) is 11.8 Å². The maximum Gasteiger partial charge on any atom is 0.261 e. The van der Waals surface area contributed by atoms with E-state index in [0.717, 1.165) is 16.4 Å². The van der Waals surface area contributed by atoms with Crippen molar-refractivity contribution in [1.29, 1.82) is 0 Å². The zero-order valence-corrected chi connectivity index (χ0v) is 10.3. The SMILES string of the molecule is CN1C(=O)c2ccc(NCc3ncc[nH]3)cc2C1=O. The molecule has 2 heterocycles. The number of aromatic nitrogens is 2. The van der Waals surface area contributed by atoms with Gasteiger partial charge in [-0.1, -0.05) is 0 Å². The highest BCUT2D eigenvalue weighted by Gasteiger charge is 2.32. The van der Waals surface area contributed by atoms with Crippen LogP contribution in [0.15, 0.2) is 30.6 Å². The number of imidazole rings is 1. The number of anilines is 1. The molecule has 0 saturated carbocycles. The number of H-pyrrole nitrogens is 1. The van der Waals surface area contributed by atoms with Crippen molar-refractivity contribution in [3.8, 4) is 0 Å². The van der Waals surface area contributed by atoms with Crippen LogP contribution in [0.25, 0.3) is 0 Å². The van der Waals surface area contributed by atoms with E-state index in [1.165, 1.54) is 7.05 Å². The maximum absolute atomic E-state index is 11.9. The van der Waals surface area contributed by atoms with E-state index in [0.29, 0.717) is 17.7 Å². The molecule has 1 aliphatic heterocycles. The van der Waals surface area contributed by atoms with Crippen molar-refractivity contribution in [2.75, 3.05) is 12.4 Å². The predicted molar refractivity (Wildman–Crippen MR) is 68.8 cm³/mol. The van der Waals surface area contributed by atoms with Crippen molar-refractivity contribution in [3.63, 3.8) is 0 Å². The van der Waals surface area contributed by atoms with Crippen molar-refractivity contribution in [2.45, 2.75) is 6.54 Å². The van der Waals surface area contributed by atoms with Gasteiger partial charge in [0.1, 0.15) is 5.82 Å². The van der Waals surface area contributed by atoms with Gasteiger partial charge in [0, 0.05) is 25.1 Å². The average Bonchev–Trinajstić information content (AvgIpc) is 3.01. The predicted octanol–water partition coefficient (Wildman–Crippen LogP) is 1.25. The Morgan fingerprint density at radius 2 is 2.05 bits per heavy atom. The van der Waals surface area contributed by atoms with Crippen LogP contribution in [-0.4, -0.2) is 33.7 Å². The van der Waals surface area contributed by atoms with Gasteiger partial charge in [0.2, 0.25) is 0 Å². The van der Waals surface area contributed by atoms with Gasteiger partial charge in [-0.25, -0.2) is 4.98 Å². The Kier molecular flexibility index (Phi) is 2.56. The minimum Gasteiger partial charge on any atom is -0.378 e. The molecule has 6 nitrogen and oxygen atoms in total. The molecule has 0 fully saturated rings. The molecule has 19 heavy (non-hydrogen) atoms. The number of hydrogen-bond acceptors (Lipinski definition) is 4. The van der Waals surface area contributed by atoms with Crippen LogP contribution in [0.5, 0.6) is 0 Å². The van der Waals surface area contributed by atoms with E-state index in [-0.39, 0.29) is 11.8 Å². The molecule has 2 aromatic rings. The zero-order chi connectivity index (χ0) is 13.4. The minimum absolute atomic E-state index is 0.252. The van der Waals surface area contributed by atoms with Crippen LogP contribution < -0.4 is 5.32 Å². The first-order valence-electron chi connectivity index (χ1n) is 5.85. The van der Waals surface area contributed by atoms with Gasteiger partial charge in [-0.15, -0.1) is 0 Å². The third-order valence-corrected chi connectivity index (χ3v) is 3.10. The number of carbonyl (C=O) groups excluding carboxylic acids is 2.